The zero-order valence-corrected chi connectivity index (χ0v) is 9.58. The monoisotopic (exact) mass is 259 g/mol. The molecule has 0 spiro atoms. The lowest BCUT2D eigenvalue weighted by Gasteiger charge is -2.11. The maximum absolute atomic E-state index is 12.3. The highest BCUT2D eigenvalue weighted by molar-refractivity contribution is 7.99. The quantitative estimate of drug-likeness (QED) is 0.875. The Morgan fingerprint density at radius 2 is 2.06 bits per heavy atom. The van der Waals surface area contributed by atoms with Gasteiger partial charge in [-0.25, -0.2) is 8.78 Å². The van der Waals surface area contributed by atoms with E-state index >= 15 is 0 Å². The number of carboxylic acids is 1. The van der Waals surface area contributed by atoms with Crippen LogP contribution < -0.4 is 5.32 Å². The summed E-state index contributed by atoms with van der Waals surface area (Å²) in [5.74, 6) is -0.402. The molecule has 17 heavy (non-hydrogen) atoms. The highest BCUT2D eigenvalue weighted by atomic mass is 32.2. The Hall–Kier alpha value is -1.14. The van der Waals surface area contributed by atoms with Gasteiger partial charge in [0.15, 0.2) is 0 Å². The van der Waals surface area contributed by atoms with Gasteiger partial charge in [-0.05, 0) is 5.56 Å². The minimum absolute atomic E-state index is 0.0217. The molecule has 0 saturated carbocycles. The van der Waals surface area contributed by atoms with Crippen LogP contribution in [0.2, 0.25) is 0 Å². The molecule has 1 saturated heterocycles. The first-order valence-corrected chi connectivity index (χ1v) is 6.11. The van der Waals surface area contributed by atoms with E-state index in [1.54, 1.807) is 12.1 Å². The van der Waals surface area contributed by atoms with E-state index in [0.29, 0.717) is 5.75 Å². The molecule has 0 aliphatic carbocycles. The van der Waals surface area contributed by atoms with Crippen LogP contribution in [-0.2, 0) is 4.79 Å². The zero-order valence-electron chi connectivity index (χ0n) is 8.77. The van der Waals surface area contributed by atoms with E-state index in [0.717, 1.165) is 5.56 Å². The summed E-state index contributed by atoms with van der Waals surface area (Å²) in [6.07, 6.45) is -2.47. The molecule has 0 aromatic heterocycles. The average Bonchev–Trinajstić information content (AvgIpc) is 2.78. The van der Waals surface area contributed by atoms with E-state index in [1.807, 2.05) is 0 Å². The second-order valence-corrected chi connectivity index (χ2v) is 4.88. The highest BCUT2D eigenvalue weighted by Gasteiger charge is 2.30. The van der Waals surface area contributed by atoms with E-state index in [1.165, 1.54) is 23.9 Å². The maximum atomic E-state index is 12.3. The van der Waals surface area contributed by atoms with Crippen molar-refractivity contribution in [3.63, 3.8) is 0 Å². The molecular formula is C11H11F2NO2S. The number of hydrogen-bond acceptors (Lipinski definition) is 3. The predicted molar refractivity (Wildman–Crippen MR) is 61.2 cm³/mol. The van der Waals surface area contributed by atoms with Crippen LogP contribution in [0, 0.1) is 0 Å². The number of aliphatic carboxylic acids is 1. The van der Waals surface area contributed by atoms with Gasteiger partial charge in [0.25, 0.3) is 6.43 Å². The average molecular weight is 259 g/mol. The molecule has 1 aliphatic rings. The Morgan fingerprint density at radius 3 is 2.53 bits per heavy atom. The third-order valence-electron chi connectivity index (χ3n) is 2.57. The lowest BCUT2D eigenvalue weighted by atomic mass is 10.1. The van der Waals surface area contributed by atoms with Gasteiger partial charge >= 0.3 is 5.97 Å². The molecule has 0 radical (unpaired) electrons. The SMILES string of the molecule is O=C(O)[C@@H]1CSC(c2ccc(C(F)F)cc2)N1. The fraction of sp³-hybridized carbons (Fsp3) is 0.364. The third kappa shape index (κ3) is 2.76. The van der Waals surface area contributed by atoms with Gasteiger partial charge in [0.1, 0.15) is 6.04 Å². The molecule has 2 rings (SSSR count). The molecule has 1 unspecified atom stereocenters. The number of thioether (sulfide) groups is 1. The van der Waals surface area contributed by atoms with Gasteiger partial charge in [-0.1, -0.05) is 24.3 Å². The Kier molecular flexibility index (Phi) is 3.63. The van der Waals surface area contributed by atoms with E-state index in [4.69, 9.17) is 5.11 Å². The van der Waals surface area contributed by atoms with Gasteiger partial charge in [-0.3, -0.25) is 10.1 Å². The Bertz CT molecular complexity index is 410. The van der Waals surface area contributed by atoms with Crippen molar-refractivity contribution in [3.8, 4) is 0 Å². The molecule has 92 valence electrons. The summed E-state index contributed by atoms with van der Waals surface area (Å²) in [5, 5.41) is 11.6. The van der Waals surface area contributed by atoms with Gasteiger partial charge in [0.05, 0.1) is 5.37 Å². The minimum atomic E-state index is -2.47. The van der Waals surface area contributed by atoms with Crippen LogP contribution >= 0.6 is 11.8 Å². The Morgan fingerprint density at radius 1 is 1.41 bits per heavy atom. The number of carboxylic acid groups (broad SMARTS) is 1. The Balaban J connectivity index is 2.06. The van der Waals surface area contributed by atoms with E-state index < -0.39 is 18.4 Å². The van der Waals surface area contributed by atoms with E-state index in [9.17, 15) is 13.6 Å². The van der Waals surface area contributed by atoms with Gasteiger partial charge in [-0.2, -0.15) is 0 Å². The van der Waals surface area contributed by atoms with Crippen molar-refractivity contribution in [2.45, 2.75) is 17.8 Å². The smallest absolute Gasteiger partial charge is 0.321 e. The van der Waals surface area contributed by atoms with Gasteiger partial charge < -0.3 is 5.11 Å². The Labute approximate surface area is 101 Å². The summed E-state index contributed by atoms with van der Waals surface area (Å²) in [5.41, 5.74) is 0.801. The summed E-state index contributed by atoms with van der Waals surface area (Å²) in [6, 6.07) is 5.39. The molecule has 2 N–H and O–H groups in total. The van der Waals surface area contributed by atoms with Crippen molar-refractivity contribution in [1.82, 2.24) is 5.32 Å². The van der Waals surface area contributed by atoms with Crippen molar-refractivity contribution in [1.29, 1.82) is 0 Å². The molecule has 1 aliphatic heterocycles. The van der Waals surface area contributed by atoms with Crippen molar-refractivity contribution in [3.05, 3.63) is 35.4 Å². The first kappa shape index (κ1) is 12.3. The number of carbonyl (C=O) groups is 1. The molecule has 1 heterocycles. The number of halogens is 2. The predicted octanol–water partition coefficient (Wildman–Crippen LogP) is 2.41. The number of hydrogen-bond donors (Lipinski definition) is 2. The molecular weight excluding hydrogens is 248 g/mol. The van der Waals surface area contributed by atoms with Crippen molar-refractivity contribution < 1.29 is 18.7 Å². The largest absolute Gasteiger partial charge is 0.480 e. The standard InChI is InChI=1S/C11H11F2NO2S/c12-9(13)6-1-3-7(4-2-6)10-14-8(5-17-10)11(15)16/h1-4,8-10,14H,5H2,(H,15,16)/t8-,10?/m0/s1. The number of benzene rings is 1. The number of nitrogens with one attached hydrogen (secondary N) is 1. The molecule has 1 aromatic carbocycles. The van der Waals surface area contributed by atoms with Crippen molar-refractivity contribution in [2.24, 2.45) is 0 Å². The summed E-state index contributed by atoms with van der Waals surface area (Å²) < 4.78 is 24.7. The minimum Gasteiger partial charge on any atom is -0.480 e. The van der Waals surface area contributed by atoms with Gasteiger partial charge in [0, 0.05) is 11.3 Å². The number of rotatable bonds is 3. The van der Waals surface area contributed by atoms with Crippen LogP contribution in [0.4, 0.5) is 8.78 Å². The summed E-state index contributed by atoms with van der Waals surface area (Å²) in [6.45, 7) is 0. The second kappa shape index (κ2) is 5.01. The maximum Gasteiger partial charge on any atom is 0.321 e. The summed E-state index contributed by atoms with van der Waals surface area (Å²) in [7, 11) is 0. The molecule has 3 nitrogen and oxygen atoms in total. The van der Waals surface area contributed by atoms with Crippen LogP contribution in [-0.4, -0.2) is 22.9 Å². The third-order valence-corrected chi connectivity index (χ3v) is 3.84. The summed E-state index contributed by atoms with van der Waals surface area (Å²) >= 11 is 1.47. The lowest BCUT2D eigenvalue weighted by Crippen LogP contribution is -2.33. The second-order valence-electron chi connectivity index (χ2n) is 3.74. The first-order valence-electron chi connectivity index (χ1n) is 5.06. The van der Waals surface area contributed by atoms with Gasteiger partial charge in [0.2, 0.25) is 0 Å². The molecule has 2 atom stereocenters. The van der Waals surface area contributed by atoms with Crippen LogP contribution in [0.15, 0.2) is 24.3 Å². The fourth-order valence-corrected chi connectivity index (χ4v) is 2.86. The number of alkyl halides is 2. The van der Waals surface area contributed by atoms with Crippen molar-refractivity contribution in [2.75, 3.05) is 5.75 Å². The summed E-state index contributed by atoms with van der Waals surface area (Å²) in [4.78, 5) is 10.7. The molecule has 1 aromatic rings. The van der Waals surface area contributed by atoms with Crippen LogP contribution in [0.1, 0.15) is 22.9 Å². The van der Waals surface area contributed by atoms with Crippen LogP contribution in [0.5, 0.6) is 0 Å². The highest BCUT2D eigenvalue weighted by Crippen LogP contribution is 2.33. The normalized spacial score (nSPS) is 24.2. The van der Waals surface area contributed by atoms with E-state index in [2.05, 4.69) is 5.32 Å². The molecule has 1 fully saturated rings. The zero-order chi connectivity index (χ0) is 12.4. The first-order chi connectivity index (χ1) is 8.08. The van der Waals surface area contributed by atoms with Crippen LogP contribution in [0.3, 0.4) is 0 Å². The van der Waals surface area contributed by atoms with E-state index in [-0.39, 0.29) is 10.9 Å². The van der Waals surface area contributed by atoms with Crippen molar-refractivity contribution >= 4 is 17.7 Å². The van der Waals surface area contributed by atoms with Gasteiger partial charge in [-0.15, -0.1) is 11.8 Å². The fourth-order valence-electron chi connectivity index (χ4n) is 1.62. The van der Waals surface area contributed by atoms with Crippen LogP contribution in [0.25, 0.3) is 0 Å². The molecule has 0 amide bonds. The molecule has 0 bridgehead atoms. The topological polar surface area (TPSA) is 49.3 Å². The molecule has 6 heteroatoms. The lowest BCUT2D eigenvalue weighted by molar-refractivity contribution is -0.138.